The van der Waals surface area contributed by atoms with Crippen LogP contribution in [0.2, 0.25) is 0 Å². The predicted octanol–water partition coefficient (Wildman–Crippen LogP) is 6.56. The van der Waals surface area contributed by atoms with Gasteiger partial charge in [0.2, 0.25) is 0 Å². The minimum atomic E-state index is 0.853. The normalized spacial score (nSPS) is 13.7. The maximum Gasteiger partial charge on any atom is 0.0956 e. The summed E-state index contributed by atoms with van der Waals surface area (Å²) in [6.07, 6.45) is 9.04. The van der Waals surface area contributed by atoms with Crippen LogP contribution < -0.4 is 0 Å². The van der Waals surface area contributed by atoms with Crippen molar-refractivity contribution in [2.24, 2.45) is 9.98 Å². The lowest BCUT2D eigenvalue weighted by Gasteiger charge is -2.13. The first-order valence-corrected chi connectivity index (χ1v) is 9.04. The Balaban J connectivity index is 3.39. The Labute approximate surface area is 159 Å². The molecule has 1 rings (SSSR count). The molecule has 0 atom stereocenters. The highest BCUT2D eigenvalue weighted by atomic mass is 14.8. The Hall–Kier alpha value is -2.48. The molecule has 0 N–H and O–H groups in total. The van der Waals surface area contributed by atoms with Crippen LogP contribution in [-0.2, 0) is 0 Å². The maximum absolute atomic E-state index is 4.57. The molecule has 0 aromatic heterocycles. The Kier molecular flexibility index (Phi) is 8.71. The fourth-order valence-electron chi connectivity index (χ4n) is 2.82. The summed E-state index contributed by atoms with van der Waals surface area (Å²) >= 11 is 0. The zero-order valence-corrected chi connectivity index (χ0v) is 17.4. The molecule has 0 saturated heterocycles. The van der Waals surface area contributed by atoms with E-state index in [1.165, 1.54) is 22.3 Å². The van der Waals surface area contributed by atoms with E-state index in [9.17, 15) is 0 Å². The molecule has 1 aromatic carbocycles. The van der Waals surface area contributed by atoms with Crippen molar-refractivity contribution < 1.29 is 0 Å². The monoisotopic (exact) mass is 348 g/mol. The van der Waals surface area contributed by atoms with Crippen molar-refractivity contribution in [3.8, 4) is 0 Å². The number of aliphatic imine (C=N–C) groups is 2. The summed E-state index contributed by atoms with van der Waals surface area (Å²) < 4.78 is 0. The van der Waals surface area contributed by atoms with E-state index in [-0.39, 0.29) is 0 Å². The van der Waals surface area contributed by atoms with Crippen molar-refractivity contribution in [3.05, 3.63) is 82.6 Å². The number of aryl methyl sites for hydroxylation is 2. The van der Waals surface area contributed by atoms with E-state index in [2.05, 4.69) is 87.6 Å². The standard InChI is InChI=1S/C24H32N2/c1-9-21(14-18(5)12-11-17(3)4)24(26-10-2)23(25-8)22-15-19(6)13-20(7)16-22/h9-11,13-16H,2,12H2,1,3-8H3/b18-14-,21-9+,25-23?,26-24?. The highest BCUT2D eigenvalue weighted by Crippen LogP contribution is 2.17. The van der Waals surface area contributed by atoms with Crippen LogP contribution in [0.15, 0.2) is 75.9 Å². The van der Waals surface area contributed by atoms with Gasteiger partial charge >= 0.3 is 0 Å². The average molecular weight is 349 g/mol. The minimum absolute atomic E-state index is 0.853. The van der Waals surface area contributed by atoms with Gasteiger partial charge in [-0.3, -0.25) is 9.98 Å². The fraction of sp³-hybridized carbons (Fsp3) is 0.333. The van der Waals surface area contributed by atoms with Crippen LogP contribution in [0.5, 0.6) is 0 Å². The van der Waals surface area contributed by atoms with Crippen molar-refractivity contribution in [3.63, 3.8) is 0 Å². The van der Waals surface area contributed by atoms with Gasteiger partial charge in [-0.25, -0.2) is 0 Å². The summed E-state index contributed by atoms with van der Waals surface area (Å²) in [4.78, 5) is 9.14. The predicted molar refractivity (Wildman–Crippen MR) is 118 cm³/mol. The van der Waals surface area contributed by atoms with Gasteiger partial charge in [0.05, 0.1) is 11.4 Å². The van der Waals surface area contributed by atoms with Gasteiger partial charge in [-0.05, 0) is 65.7 Å². The summed E-state index contributed by atoms with van der Waals surface area (Å²) in [6.45, 7) is 16.4. The molecule has 0 aliphatic rings. The molecule has 0 saturated carbocycles. The van der Waals surface area contributed by atoms with E-state index in [4.69, 9.17) is 0 Å². The van der Waals surface area contributed by atoms with E-state index >= 15 is 0 Å². The Morgan fingerprint density at radius 3 is 2.15 bits per heavy atom. The second kappa shape index (κ2) is 10.5. The highest BCUT2D eigenvalue weighted by molar-refractivity contribution is 6.54. The number of hydrogen-bond acceptors (Lipinski definition) is 2. The van der Waals surface area contributed by atoms with Gasteiger partial charge in [-0.1, -0.05) is 53.1 Å². The summed E-state index contributed by atoms with van der Waals surface area (Å²) in [7, 11) is 1.82. The Morgan fingerprint density at radius 1 is 1.08 bits per heavy atom. The second-order valence-electron chi connectivity index (χ2n) is 6.83. The second-order valence-corrected chi connectivity index (χ2v) is 6.83. The maximum atomic E-state index is 4.57. The van der Waals surface area contributed by atoms with Crippen LogP contribution in [-0.4, -0.2) is 18.5 Å². The highest BCUT2D eigenvalue weighted by Gasteiger charge is 2.15. The molecular formula is C24H32N2. The molecule has 0 spiro atoms. The molecule has 0 radical (unpaired) electrons. The third-order valence-electron chi connectivity index (χ3n) is 3.98. The zero-order chi connectivity index (χ0) is 19.7. The van der Waals surface area contributed by atoms with E-state index in [0.29, 0.717) is 0 Å². The first kappa shape index (κ1) is 21.6. The molecule has 0 heterocycles. The molecule has 26 heavy (non-hydrogen) atoms. The Morgan fingerprint density at radius 2 is 1.69 bits per heavy atom. The van der Waals surface area contributed by atoms with Crippen LogP contribution in [0.3, 0.4) is 0 Å². The average Bonchev–Trinajstić information content (AvgIpc) is 2.57. The molecular weight excluding hydrogens is 316 g/mol. The van der Waals surface area contributed by atoms with Crippen LogP contribution in [0, 0.1) is 13.8 Å². The van der Waals surface area contributed by atoms with Gasteiger partial charge < -0.3 is 0 Å². The molecule has 1 aromatic rings. The number of benzene rings is 1. The summed E-state index contributed by atoms with van der Waals surface area (Å²) in [5, 5.41) is 0. The Bertz CT molecular complexity index is 775. The van der Waals surface area contributed by atoms with E-state index < -0.39 is 0 Å². The molecule has 0 amide bonds. The molecule has 0 unspecified atom stereocenters. The minimum Gasteiger partial charge on any atom is -0.286 e. The zero-order valence-electron chi connectivity index (χ0n) is 17.4. The molecule has 0 aliphatic carbocycles. The lowest BCUT2D eigenvalue weighted by molar-refractivity contribution is 1.17. The number of nitrogens with zero attached hydrogens (tertiary/aromatic N) is 2. The van der Waals surface area contributed by atoms with Gasteiger partial charge in [0.15, 0.2) is 0 Å². The summed E-state index contributed by atoms with van der Waals surface area (Å²) in [6, 6.07) is 6.48. The van der Waals surface area contributed by atoms with Crippen molar-refractivity contribution >= 4 is 11.4 Å². The van der Waals surface area contributed by atoms with E-state index in [1.807, 2.05) is 14.0 Å². The lowest BCUT2D eigenvalue weighted by Crippen LogP contribution is -2.18. The van der Waals surface area contributed by atoms with Gasteiger partial charge in [-0.2, -0.15) is 0 Å². The smallest absolute Gasteiger partial charge is 0.0956 e. The van der Waals surface area contributed by atoms with Gasteiger partial charge in [0.1, 0.15) is 0 Å². The van der Waals surface area contributed by atoms with E-state index in [1.54, 1.807) is 6.20 Å². The molecule has 138 valence electrons. The quantitative estimate of drug-likeness (QED) is 0.303. The third-order valence-corrected chi connectivity index (χ3v) is 3.98. The van der Waals surface area contributed by atoms with Crippen molar-refractivity contribution in [2.45, 2.75) is 48.0 Å². The largest absolute Gasteiger partial charge is 0.286 e. The fourth-order valence-corrected chi connectivity index (χ4v) is 2.82. The molecule has 2 heteroatoms. The van der Waals surface area contributed by atoms with Gasteiger partial charge in [-0.15, -0.1) is 0 Å². The van der Waals surface area contributed by atoms with Crippen molar-refractivity contribution in [1.29, 1.82) is 0 Å². The molecule has 0 fully saturated rings. The summed E-state index contributed by atoms with van der Waals surface area (Å²) in [5.74, 6) is 0. The van der Waals surface area contributed by atoms with Gasteiger partial charge in [0.25, 0.3) is 0 Å². The first-order valence-electron chi connectivity index (χ1n) is 9.04. The first-order chi connectivity index (χ1) is 12.3. The number of allylic oxidation sites excluding steroid dienone is 6. The lowest BCUT2D eigenvalue weighted by atomic mass is 9.95. The van der Waals surface area contributed by atoms with Crippen molar-refractivity contribution in [2.75, 3.05) is 7.05 Å². The molecule has 2 nitrogen and oxygen atoms in total. The molecule has 0 aliphatic heterocycles. The van der Waals surface area contributed by atoms with Crippen LogP contribution >= 0.6 is 0 Å². The van der Waals surface area contributed by atoms with Crippen LogP contribution in [0.1, 0.15) is 50.8 Å². The SMILES string of the molecule is C=CN=C(C(=NC)c1cc(C)cc(C)c1)C(/C=C(/C)CC=C(C)C)=C/C. The van der Waals surface area contributed by atoms with Crippen LogP contribution in [0.25, 0.3) is 0 Å². The topological polar surface area (TPSA) is 24.7 Å². The van der Waals surface area contributed by atoms with E-state index in [0.717, 1.165) is 29.0 Å². The van der Waals surface area contributed by atoms with Crippen molar-refractivity contribution in [1.82, 2.24) is 0 Å². The summed E-state index contributed by atoms with van der Waals surface area (Å²) in [5.41, 5.74) is 8.93. The van der Waals surface area contributed by atoms with Crippen LogP contribution in [0.4, 0.5) is 0 Å². The number of rotatable bonds is 7. The molecule has 0 bridgehead atoms. The third kappa shape index (κ3) is 6.44. The van der Waals surface area contributed by atoms with Gasteiger partial charge in [0, 0.05) is 18.8 Å². The number of hydrogen-bond donors (Lipinski definition) is 0.